The number of benzene rings is 1. The number of carbonyl (C=O) groups excluding carboxylic acids is 1. The summed E-state index contributed by atoms with van der Waals surface area (Å²) in [7, 11) is 0. The van der Waals surface area contributed by atoms with Gasteiger partial charge in [0.05, 0.1) is 18.7 Å². The van der Waals surface area contributed by atoms with Crippen LogP contribution >= 0.6 is 0 Å². The summed E-state index contributed by atoms with van der Waals surface area (Å²) in [5.74, 6) is 0.101. The van der Waals surface area contributed by atoms with Gasteiger partial charge in [-0.05, 0) is 18.1 Å². The van der Waals surface area contributed by atoms with Gasteiger partial charge in [-0.25, -0.2) is 0 Å². The summed E-state index contributed by atoms with van der Waals surface area (Å²) in [6.45, 7) is 2.89. The van der Waals surface area contributed by atoms with E-state index in [4.69, 9.17) is 0 Å². The number of nitrogens with zero attached hydrogens (tertiary/aromatic N) is 1. The minimum atomic E-state index is -0.652. The molecule has 2 aliphatic heterocycles. The Morgan fingerprint density at radius 3 is 2.89 bits per heavy atom. The van der Waals surface area contributed by atoms with Crippen molar-refractivity contribution < 1.29 is 9.90 Å². The number of hydrogen-bond donors (Lipinski definition) is 2. The van der Waals surface area contributed by atoms with Crippen molar-refractivity contribution in [3.63, 3.8) is 0 Å². The number of anilines is 1. The van der Waals surface area contributed by atoms with Crippen molar-refractivity contribution in [2.45, 2.75) is 31.4 Å². The summed E-state index contributed by atoms with van der Waals surface area (Å²) in [5, 5.41) is 13.2. The molecule has 2 N–H and O–H groups in total. The van der Waals surface area contributed by atoms with Crippen LogP contribution in [0.3, 0.4) is 0 Å². The van der Waals surface area contributed by atoms with E-state index in [1.165, 1.54) is 5.56 Å². The molecule has 4 nitrogen and oxygen atoms in total. The Morgan fingerprint density at radius 2 is 2.22 bits per heavy atom. The van der Waals surface area contributed by atoms with Crippen LogP contribution in [0.2, 0.25) is 0 Å². The van der Waals surface area contributed by atoms with E-state index >= 15 is 0 Å². The first kappa shape index (κ1) is 11.5. The predicted octanol–water partition coefficient (Wildman–Crippen LogP) is 1.01. The average Bonchev–Trinajstić information content (AvgIpc) is 2.77. The van der Waals surface area contributed by atoms with Crippen LogP contribution < -0.4 is 5.32 Å². The highest BCUT2D eigenvalue weighted by Crippen LogP contribution is 2.29. The van der Waals surface area contributed by atoms with Gasteiger partial charge in [0.25, 0.3) is 0 Å². The van der Waals surface area contributed by atoms with Crippen molar-refractivity contribution in [3.8, 4) is 0 Å². The lowest BCUT2D eigenvalue weighted by Gasteiger charge is -2.46. The second-order valence-electron chi connectivity index (χ2n) is 5.33. The predicted molar refractivity (Wildman–Crippen MR) is 69.4 cm³/mol. The lowest BCUT2D eigenvalue weighted by atomic mass is 9.90. The molecule has 0 saturated carbocycles. The number of para-hydroxylation sites is 1. The van der Waals surface area contributed by atoms with Crippen LogP contribution in [0.5, 0.6) is 0 Å². The zero-order valence-corrected chi connectivity index (χ0v) is 10.5. The molecule has 0 aromatic heterocycles. The topological polar surface area (TPSA) is 52.6 Å². The summed E-state index contributed by atoms with van der Waals surface area (Å²) >= 11 is 0. The first-order chi connectivity index (χ1) is 8.61. The third-order valence-electron chi connectivity index (χ3n) is 4.01. The minimum absolute atomic E-state index is 0.101. The number of nitrogens with one attached hydrogen (secondary N) is 1. The van der Waals surface area contributed by atoms with Crippen molar-refractivity contribution in [1.82, 2.24) is 4.90 Å². The number of β-amino-alcohol motifs (C(OH)–C–C–N with tert-alkyl or cyclic N) is 1. The monoisotopic (exact) mass is 246 g/mol. The normalized spacial score (nSPS) is 24.1. The summed E-state index contributed by atoms with van der Waals surface area (Å²) in [5.41, 5.74) is 1.60. The minimum Gasteiger partial charge on any atom is -0.386 e. The van der Waals surface area contributed by atoms with E-state index in [0.717, 1.165) is 12.1 Å². The molecule has 96 valence electrons. The molecule has 2 aliphatic rings. The third-order valence-corrected chi connectivity index (χ3v) is 4.01. The Bertz CT molecular complexity index is 455. The second kappa shape index (κ2) is 3.99. The van der Waals surface area contributed by atoms with Gasteiger partial charge in [0.1, 0.15) is 6.04 Å². The number of aliphatic hydroxyl groups is 1. The fraction of sp³-hybridized carbons (Fsp3) is 0.500. The van der Waals surface area contributed by atoms with Gasteiger partial charge < -0.3 is 15.3 Å². The van der Waals surface area contributed by atoms with Crippen LogP contribution in [0.4, 0.5) is 5.69 Å². The highest BCUT2D eigenvalue weighted by Gasteiger charge is 2.44. The van der Waals surface area contributed by atoms with Gasteiger partial charge in [-0.15, -0.1) is 0 Å². The molecule has 1 aromatic carbocycles. The van der Waals surface area contributed by atoms with Gasteiger partial charge in [-0.2, -0.15) is 0 Å². The van der Waals surface area contributed by atoms with Crippen LogP contribution in [-0.2, 0) is 11.2 Å². The molecule has 0 aliphatic carbocycles. The lowest BCUT2D eigenvalue weighted by Crippen LogP contribution is -2.65. The van der Waals surface area contributed by atoms with Gasteiger partial charge in [0.15, 0.2) is 0 Å². The fourth-order valence-electron chi connectivity index (χ4n) is 2.71. The molecule has 4 heteroatoms. The zero-order chi connectivity index (χ0) is 12.8. The van der Waals surface area contributed by atoms with E-state index in [1.54, 1.807) is 4.90 Å². The van der Waals surface area contributed by atoms with E-state index in [9.17, 15) is 9.90 Å². The molecule has 0 bridgehead atoms. The number of carbonyl (C=O) groups is 1. The Kier molecular flexibility index (Phi) is 2.55. The van der Waals surface area contributed by atoms with Crippen LogP contribution in [0.1, 0.15) is 18.9 Å². The first-order valence-electron chi connectivity index (χ1n) is 6.47. The maximum absolute atomic E-state index is 12.3. The van der Waals surface area contributed by atoms with Gasteiger partial charge in [-0.1, -0.05) is 25.1 Å². The largest absolute Gasteiger partial charge is 0.386 e. The molecular formula is C14H18N2O2. The van der Waals surface area contributed by atoms with Crippen molar-refractivity contribution in [3.05, 3.63) is 29.8 Å². The Balaban J connectivity index is 1.64. The maximum Gasteiger partial charge on any atom is 0.245 e. The lowest BCUT2D eigenvalue weighted by molar-refractivity contribution is -0.156. The van der Waals surface area contributed by atoms with Crippen LogP contribution in [0.15, 0.2) is 24.3 Å². The van der Waals surface area contributed by atoms with Crippen molar-refractivity contribution >= 4 is 11.6 Å². The number of fused-ring (bicyclic) bond motifs is 1. The summed E-state index contributed by atoms with van der Waals surface area (Å²) < 4.78 is 0. The summed E-state index contributed by atoms with van der Waals surface area (Å²) in [6.07, 6.45) is 1.45. The molecule has 1 amide bonds. The van der Waals surface area contributed by atoms with Crippen LogP contribution in [-0.4, -0.2) is 40.6 Å². The molecule has 1 unspecified atom stereocenters. The van der Waals surface area contributed by atoms with Crippen molar-refractivity contribution in [2.24, 2.45) is 0 Å². The van der Waals surface area contributed by atoms with Crippen LogP contribution in [0, 0.1) is 0 Å². The van der Waals surface area contributed by atoms with E-state index in [1.807, 2.05) is 31.2 Å². The zero-order valence-electron chi connectivity index (χ0n) is 10.5. The fourth-order valence-corrected chi connectivity index (χ4v) is 2.71. The van der Waals surface area contributed by atoms with Crippen molar-refractivity contribution in [2.75, 3.05) is 18.4 Å². The average molecular weight is 246 g/mol. The van der Waals surface area contributed by atoms with Gasteiger partial charge in [0.2, 0.25) is 5.91 Å². The van der Waals surface area contributed by atoms with E-state index in [2.05, 4.69) is 5.32 Å². The Hall–Kier alpha value is -1.55. The highest BCUT2D eigenvalue weighted by molar-refractivity contribution is 5.88. The van der Waals surface area contributed by atoms with E-state index in [0.29, 0.717) is 19.5 Å². The summed E-state index contributed by atoms with van der Waals surface area (Å²) in [4.78, 5) is 14.0. The van der Waals surface area contributed by atoms with Gasteiger partial charge in [0, 0.05) is 12.1 Å². The third kappa shape index (κ3) is 1.77. The number of hydrogen-bond acceptors (Lipinski definition) is 3. The first-order valence-corrected chi connectivity index (χ1v) is 6.47. The maximum atomic E-state index is 12.3. The standard InChI is InChI=1S/C14H18N2O2/c1-2-14(18)8-16(9-14)13(17)12-7-10-5-3-4-6-11(10)15-12/h3-6,12,15,18H,2,7-9H2,1H3. The molecule has 2 heterocycles. The van der Waals surface area contributed by atoms with Gasteiger partial charge in [-0.3, -0.25) is 4.79 Å². The van der Waals surface area contributed by atoms with E-state index < -0.39 is 5.60 Å². The number of rotatable bonds is 2. The molecule has 0 radical (unpaired) electrons. The molecule has 3 rings (SSSR count). The summed E-state index contributed by atoms with van der Waals surface area (Å²) in [6, 6.07) is 7.85. The van der Waals surface area contributed by atoms with Gasteiger partial charge >= 0.3 is 0 Å². The molecule has 1 fully saturated rings. The van der Waals surface area contributed by atoms with E-state index in [-0.39, 0.29) is 11.9 Å². The molecule has 0 spiro atoms. The second-order valence-corrected chi connectivity index (χ2v) is 5.33. The molecule has 18 heavy (non-hydrogen) atoms. The molecular weight excluding hydrogens is 228 g/mol. The molecule has 1 aromatic rings. The highest BCUT2D eigenvalue weighted by atomic mass is 16.3. The quantitative estimate of drug-likeness (QED) is 0.818. The Labute approximate surface area is 107 Å². The van der Waals surface area contributed by atoms with Crippen LogP contribution in [0.25, 0.3) is 0 Å². The molecule has 1 saturated heterocycles. The number of likely N-dealkylation sites (tertiary alicyclic amines) is 1. The van der Waals surface area contributed by atoms with Crippen molar-refractivity contribution in [1.29, 1.82) is 0 Å². The Morgan fingerprint density at radius 1 is 1.50 bits per heavy atom. The smallest absolute Gasteiger partial charge is 0.245 e. The number of amides is 1. The molecule has 1 atom stereocenters. The SMILES string of the molecule is CCC1(O)CN(C(=O)C2Cc3ccccc3N2)C1.